The number of hydrogen-bond acceptors (Lipinski definition) is 4. The number of hydrogen-bond donors (Lipinski definition) is 1. The molecule has 5 nitrogen and oxygen atoms in total. The molecule has 0 saturated heterocycles. The first-order valence-electron chi connectivity index (χ1n) is 5.10. The number of nitrogens with zero attached hydrogens (tertiary/aromatic N) is 2. The number of carbonyl (C=O) groups excluding carboxylic acids is 1. The molecule has 0 aromatic carbocycles. The molecule has 1 aromatic heterocycles. The number of nitriles is 1. The Bertz CT molecular complexity index is 411. The van der Waals surface area contributed by atoms with E-state index in [0.717, 1.165) is 11.3 Å². The van der Waals surface area contributed by atoms with Gasteiger partial charge in [-0.05, 0) is 27.7 Å². The molecule has 0 radical (unpaired) electrons. The van der Waals surface area contributed by atoms with Crippen molar-refractivity contribution in [1.29, 1.82) is 5.26 Å². The first-order chi connectivity index (χ1) is 7.47. The predicted octanol–water partition coefficient (Wildman–Crippen LogP) is 1.63. The van der Waals surface area contributed by atoms with Gasteiger partial charge in [-0.15, -0.1) is 0 Å². The molecule has 0 aliphatic heterocycles. The second kappa shape index (κ2) is 4.79. The molecule has 86 valence electrons. The molecule has 0 fully saturated rings. The summed E-state index contributed by atoms with van der Waals surface area (Å²) in [4.78, 5) is 11.5. The van der Waals surface area contributed by atoms with Crippen LogP contribution in [-0.2, 0) is 4.79 Å². The molecule has 1 rings (SSSR count). The zero-order valence-electron chi connectivity index (χ0n) is 9.87. The van der Waals surface area contributed by atoms with E-state index < -0.39 is 5.92 Å². The SMILES string of the molecule is Cc1noc(C)c1C(C)NC(=O)C(C)C#N. The molecular formula is C11H15N3O2. The fraction of sp³-hybridized carbons (Fsp3) is 0.545. The minimum Gasteiger partial charge on any atom is -0.361 e. The minimum absolute atomic E-state index is 0.199. The number of nitrogens with one attached hydrogen (secondary N) is 1. The Balaban J connectivity index is 2.78. The Labute approximate surface area is 94.4 Å². The lowest BCUT2D eigenvalue weighted by Crippen LogP contribution is -2.31. The van der Waals surface area contributed by atoms with Crippen LogP contribution in [0.4, 0.5) is 0 Å². The van der Waals surface area contributed by atoms with E-state index in [-0.39, 0.29) is 11.9 Å². The van der Waals surface area contributed by atoms with E-state index in [2.05, 4.69) is 10.5 Å². The molecule has 1 amide bonds. The van der Waals surface area contributed by atoms with Gasteiger partial charge in [-0.3, -0.25) is 4.79 Å². The van der Waals surface area contributed by atoms with Gasteiger partial charge < -0.3 is 9.84 Å². The first kappa shape index (κ1) is 12.2. The Hall–Kier alpha value is -1.83. The Kier molecular flexibility index (Phi) is 3.67. The van der Waals surface area contributed by atoms with Crippen LogP contribution in [-0.4, -0.2) is 11.1 Å². The van der Waals surface area contributed by atoms with Crippen LogP contribution < -0.4 is 5.32 Å². The van der Waals surface area contributed by atoms with Crippen LogP contribution in [0.25, 0.3) is 0 Å². The minimum atomic E-state index is -0.650. The monoisotopic (exact) mass is 221 g/mol. The molecular weight excluding hydrogens is 206 g/mol. The summed E-state index contributed by atoms with van der Waals surface area (Å²) >= 11 is 0. The van der Waals surface area contributed by atoms with Crippen LogP contribution in [0.3, 0.4) is 0 Å². The van der Waals surface area contributed by atoms with E-state index in [0.29, 0.717) is 5.76 Å². The van der Waals surface area contributed by atoms with Crippen molar-refractivity contribution in [2.75, 3.05) is 0 Å². The average Bonchev–Trinajstić information content (AvgIpc) is 2.57. The molecule has 2 unspecified atom stereocenters. The quantitative estimate of drug-likeness (QED) is 0.841. The number of aromatic nitrogens is 1. The number of aryl methyl sites for hydroxylation is 2. The highest BCUT2D eigenvalue weighted by Gasteiger charge is 2.20. The van der Waals surface area contributed by atoms with Crippen molar-refractivity contribution in [2.45, 2.75) is 33.7 Å². The van der Waals surface area contributed by atoms with E-state index in [1.807, 2.05) is 19.9 Å². The third-order valence-electron chi connectivity index (χ3n) is 2.47. The molecule has 0 aliphatic rings. The van der Waals surface area contributed by atoms with E-state index in [9.17, 15) is 4.79 Å². The lowest BCUT2D eigenvalue weighted by Gasteiger charge is -2.14. The molecule has 1 N–H and O–H groups in total. The summed E-state index contributed by atoms with van der Waals surface area (Å²) in [5, 5.41) is 15.2. The van der Waals surface area contributed by atoms with Crippen LogP contribution in [0.2, 0.25) is 0 Å². The summed E-state index contributed by atoms with van der Waals surface area (Å²) in [7, 11) is 0. The smallest absolute Gasteiger partial charge is 0.237 e. The maximum Gasteiger partial charge on any atom is 0.237 e. The fourth-order valence-corrected chi connectivity index (χ4v) is 1.58. The van der Waals surface area contributed by atoms with Gasteiger partial charge in [-0.25, -0.2) is 0 Å². The molecule has 1 aromatic rings. The largest absolute Gasteiger partial charge is 0.361 e. The van der Waals surface area contributed by atoms with Gasteiger partial charge in [0.15, 0.2) is 0 Å². The zero-order valence-corrected chi connectivity index (χ0v) is 9.87. The second-order valence-corrected chi connectivity index (χ2v) is 3.82. The van der Waals surface area contributed by atoms with Gasteiger partial charge >= 0.3 is 0 Å². The molecule has 0 spiro atoms. The fourth-order valence-electron chi connectivity index (χ4n) is 1.58. The molecule has 0 saturated carbocycles. The summed E-state index contributed by atoms with van der Waals surface area (Å²) in [6.07, 6.45) is 0. The third-order valence-corrected chi connectivity index (χ3v) is 2.47. The standard InChI is InChI=1S/C11H15N3O2/c1-6(5-12)11(15)13-7(2)10-8(3)14-16-9(10)4/h6-7H,1-4H3,(H,13,15). The normalized spacial score (nSPS) is 13.9. The van der Waals surface area contributed by atoms with Crippen molar-refractivity contribution in [2.24, 2.45) is 5.92 Å². The number of carbonyl (C=O) groups is 1. The van der Waals surface area contributed by atoms with Crippen molar-refractivity contribution in [3.63, 3.8) is 0 Å². The van der Waals surface area contributed by atoms with Crippen LogP contribution in [0, 0.1) is 31.1 Å². The van der Waals surface area contributed by atoms with E-state index >= 15 is 0 Å². The van der Waals surface area contributed by atoms with Gasteiger partial charge in [0.25, 0.3) is 0 Å². The van der Waals surface area contributed by atoms with E-state index in [1.54, 1.807) is 13.8 Å². The number of rotatable bonds is 3. The van der Waals surface area contributed by atoms with Gasteiger partial charge in [-0.2, -0.15) is 5.26 Å². The van der Waals surface area contributed by atoms with Crippen molar-refractivity contribution >= 4 is 5.91 Å². The van der Waals surface area contributed by atoms with Crippen LogP contribution >= 0.6 is 0 Å². The summed E-state index contributed by atoms with van der Waals surface area (Å²) in [6.45, 7) is 7.03. The molecule has 1 heterocycles. The number of amides is 1. The maximum atomic E-state index is 11.5. The lowest BCUT2D eigenvalue weighted by atomic mass is 10.1. The van der Waals surface area contributed by atoms with Crippen molar-refractivity contribution < 1.29 is 9.32 Å². The zero-order chi connectivity index (χ0) is 12.3. The van der Waals surface area contributed by atoms with Gasteiger partial charge in [0.1, 0.15) is 11.7 Å². The van der Waals surface area contributed by atoms with Crippen LogP contribution in [0.1, 0.15) is 36.9 Å². The summed E-state index contributed by atoms with van der Waals surface area (Å²) in [6, 6.07) is 1.69. The van der Waals surface area contributed by atoms with E-state index in [4.69, 9.17) is 9.78 Å². The van der Waals surface area contributed by atoms with Crippen LogP contribution in [0.15, 0.2) is 4.52 Å². The highest BCUT2D eigenvalue weighted by molar-refractivity contribution is 5.81. The molecule has 0 aliphatic carbocycles. The Morgan fingerprint density at radius 3 is 2.56 bits per heavy atom. The lowest BCUT2D eigenvalue weighted by molar-refractivity contribution is -0.123. The van der Waals surface area contributed by atoms with Crippen molar-refractivity contribution in [1.82, 2.24) is 10.5 Å². The van der Waals surface area contributed by atoms with Gasteiger partial charge in [0, 0.05) is 5.56 Å². The maximum absolute atomic E-state index is 11.5. The highest BCUT2D eigenvalue weighted by Crippen LogP contribution is 2.20. The van der Waals surface area contributed by atoms with E-state index in [1.165, 1.54) is 0 Å². The highest BCUT2D eigenvalue weighted by atomic mass is 16.5. The first-order valence-corrected chi connectivity index (χ1v) is 5.10. The van der Waals surface area contributed by atoms with Gasteiger partial charge in [-0.1, -0.05) is 5.16 Å². The van der Waals surface area contributed by atoms with Gasteiger partial charge in [0.05, 0.1) is 17.8 Å². The second-order valence-electron chi connectivity index (χ2n) is 3.82. The van der Waals surface area contributed by atoms with Crippen molar-refractivity contribution in [3.8, 4) is 6.07 Å². The molecule has 0 bridgehead atoms. The summed E-state index contributed by atoms with van der Waals surface area (Å²) in [5.74, 6) is -0.243. The predicted molar refractivity (Wildman–Crippen MR) is 57.3 cm³/mol. The summed E-state index contributed by atoms with van der Waals surface area (Å²) < 4.78 is 5.02. The topological polar surface area (TPSA) is 78.9 Å². The Morgan fingerprint density at radius 1 is 1.50 bits per heavy atom. The Morgan fingerprint density at radius 2 is 2.12 bits per heavy atom. The van der Waals surface area contributed by atoms with Crippen molar-refractivity contribution in [3.05, 3.63) is 17.0 Å². The van der Waals surface area contributed by atoms with Gasteiger partial charge in [0.2, 0.25) is 5.91 Å². The van der Waals surface area contributed by atoms with Crippen LogP contribution in [0.5, 0.6) is 0 Å². The third kappa shape index (κ3) is 2.40. The molecule has 5 heteroatoms. The average molecular weight is 221 g/mol. The molecule has 2 atom stereocenters. The molecule has 16 heavy (non-hydrogen) atoms. The summed E-state index contributed by atoms with van der Waals surface area (Å²) in [5.41, 5.74) is 1.63.